The van der Waals surface area contributed by atoms with Crippen LogP contribution in [0.4, 0.5) is 0 Å². The third-order valence-electron chi connectivity index (χ3n) is 12.4. The molecule has 0 aliphatic rings. The van der Waals surface area contributed by atoms with Crippen molar-refractivity contribution in [2.24, 2.45) is 0 Å². The SMILES string of the molecule is CCCCCCCCCCCCCCCCC(=O)O[C@H](COC(=O)CCCCCCCCC)COP(=O)(O)OC[C@@H](O)COP(=O)(O)OC[C@@H](COC(=O)CCCCCCC)OC(=O)CCCCCCCCC. The maximum absolute atomic E-state index is 12.9. The van der Waals surface area contributed by atoms with Gasteiger partial charge in [0, 0.05) is 25.7 Å². The van der Waals surface area contributed by atoms with E-state index in [2.05, 4.69) is 27.7 Å². The Bertz CT molecular complexity index is 1440. The highest BCUT2D eigenvalue weighted by Gasteiger charge is 2.30. The molecule has 0 aromatic heterocycles. The lowest BCUT2D eigenvalue weighted by Crippen LogP contribution is -2.30. The third kappa shape index (κ3) is 49.4. The Morgan fingerprint density at radius 1 is 0.329 bits per heavy atom. The molecule has 0 amide bonds. The van der Waals surface area contributed by atoms with Crippen LogP contribution >= 0.6 is 15.6 Å². The fourth-order valence-electron chi connectivity index (χ4n) is 7.87. The molecule has 17 nitrogen and oxygen atoms in total. The summed E-state index contributed by atoms with van der Waals surface area (Å²) in [5.74, 6) is -2.17. The minimum atomic E-state index is -4.93. The number of phosphoric acid groups is 2. The van der Waals surface area contributed by atoms with Crippen molar-refractivity contribution in [3.8, 4) is 0 Å². The summed E-state index contributed by atoms with van der Waals surface area (Å²) in [6, 6.07) is 0. The van der Waals surface area contributed by atoms with Gasteiger partial charge in [0.25, 0.3) is 0 Å². The van der Waals surface area contributed by atoms with Gasteiger partial charge in [0.1, 0.15) is 19.3 Å². The van der Waals surface area contributed by atoms with E-state index in [0.717, 1.165) is 122 Å². The molecule has 0 radical (unpaired) electrons. The number of carbonyl (C=O) groups excluding carboxylic acids is 4. The summed E-state index contributed by atoms with van der Waals surface area (Å²) < 4.78 is 67.2. The largest absolute Gasteiger partial charge is 0.472 e. The van der Waals surface area contributed by atoms with Crippen molar-refractivity contribution in [3.63, 3.8) is 0 Å². The molecule has 0 aromatic carbocycles. The molecule has 0 saturated heterocycles. The van der Waals surface area contributed by atoms with Gasteiger partial charge in [-0.3, -0.25) is 37.3 Å². The second-order valence-electron chi connectivity index (χ2n) is 19.6. The molecule has 0 aromatic rings. The molecule has 0 spiro atoms. The standard InChI is InChI=1S/C54H104O17P2/c1-5-9-13-17-20-21-22-23-24-25-26-29-33-37-41-54(59)71-50(45-65-52(57)39-35-31-27-18-14-10-6-2)47-69-73(62,63)67-43-48(55)42-66-72(60,61)68-46-49(44-64-51(56)38-34-30-16-12-8-4)70-53(58)40-36-32-28-19-15-11-7-3/h48-50,55H,5-47H2,1-4H3,(H,60,61)(H,62,63)/t48-,49+,50+/m0/s1. The first-order valence-electron chi connectivity index (χ1n) is 28.8. The minimum absolute atomic E-state index is 0.103. The van der Waals surface area contributed by atoms with Crippen LogP contribution in [0.3, 0.4) is 0 Å². The Balaban J connectivity index is 5.12. The Morgan fingerprint density at radius 2 is 0.548 bits per heavy atom. The van der Waals surface area contributed by atoms with Crippen LogP contribution in [0, 0.1) is 0 Å². The molecule has 0 bridgehead atoms. The van der Waals surface area contributed by atoms with Crippen LogP contribution < -0.4 is 0 Å². The lowest BCUT2D eigenvalue weighted by atomic mass is 10.0. The van der Waals surface area contributed by atoms with Crippen LogP contribution in [0.2, 0.25) is 0 Å². The summed E-state index contributed by atoms with van der Waals surface area (Å²) in [6.45, 7) is 4.65. The van der Waals surface area contributed by atoms with E-state index in [1.54, 1.807) is 0 Å². The molecule has 5 atom stereocenters. The molecule has 0 aliphatic heterocycles. The molecule has 432 valence electrons. The summed E-state index contributed by atoms with van der Waals surface area (Å²) in [6.07, 6.45) is 31.3. The van der Waals surface area contributed by atoms with Crippen LogP contribution in [-0.2, 0) is 65.4 Å². The van der Waals surface area contributed by atoms with Crippen LogP contribution in [0.1, 0.15) is 265 Å². The molecule has 0 aliphatic carbocycles. The highest BCUT2D eigenvalue weighted by Crippen LogP contribution is 2.45. The number of aliphatic hydroxyl groups excluding tert-OH is 1. The van der Waals surface area contributed by atoms with Gasteiger partial charge in [0.2, 0.25) is 0 Å². The van der Waals surface area contributed by atoms with E-state index in [1.807, 2.05) is 0 Å². The van der Waals surface area contributed by atoms with Crippen molar-refractivity contribution in [2.75, 3.05) is 39.6 Å². The van der Waals surface area contributed by atoms with Gasteiger partial charge in [-0.2, -0.15) is 0 Å². The first kappa shape index (κ1) is 71.1. The number of unbranched alkanes of at least 4 members (excludes halogenated alkanes) is 29. The first-order chi connectivity index (χ1) is 35.2. The number of hydrogen-bond donors (Lipinski definition) is 3. The van der Waals surface area contributed by atoms with Gasteiger partial charge in [0.05, 0.1) is 26.4 Å². The molecule has 0 fully saturated rings. The van der Waals surface area contributed by atoms with E-state index in [4.69, 9.17) is 37.0 Å². The lowest BCUT2D eigenvalue weighted by Gasteiger charge is -2.21. The van der Waals surface area contributed by atoms with Gasteiger partial charge in [-0.05, 0) is 25.7 Å². The molecule has 19 heteroatoms. The van der Waals surface area contributed by atoms with Crippen molar-refractivity contribution >= 4 is 39.5 Å². The molecule has 2 unspecified atom stereocenters. The van der Waals surface area contributed by atoms with E-state index in [9.17, 15) is 43.2 Å². The fourth-order valence-corrected chi connectivity index (χ4v) is 9.44. The molecule has 3 N–H and O–H groups in total. The number of carbonyl (C=O) groups is 4. The number of aliphatic hydroxyl groups is 1. The molecule has 0 saturated carbocycles. The maximum atomic E-state index is 12.9. The molecule has 0 heterocycles. The Labute approximate surface area is 441 Å². The zero-order valence-corrected chi connectivity index (χ0v) is 47.9. The smallest absolute Gasteiger partial charge is 0.462 e. The second kappa shape index (κ2) is 49.6. The van der Waals surface area contributed by atoms with Gasteiger partial charge in [-0.25, -0.2) is 9.13 Å². The van der Waals surface area contributed by atoms with Gasteiger partial charge < -0.3 is 33.8 Å². The average Bonchev–Trinajstić information content (AvgIpc) is 3.36. The summed E-state index contributed by atoms with van der Waals surface area (Å²) in [5.41, 5.74) is 0. The van der Waals surface area contributed by atoms with Crippen LogP contribution in [0.25, 0.3) is 0 Å². The maximum Gasteiger partial charge on any atom is 0.472 e. The zero-order valence-electron chi connectivity index (χ0n) is 46.1. The summed E-state index contributed by atoms with van der Waals surface area (Å²) in [7, 11) is -9.85. The summed E-state index contributed by atoms with van der Waals surface area (Å²) in [5, 5.41) is 10.4. The van der Waals surface area contributed by atoms with Crippen molar-refractivity contribution in [3.05, 3.63) is 0 Å². The monoisotopic (exact) mass is 1090 g/mol. The van der Waals surface area contributed by atoms with Crippen LogP contribution in [-0.4, -0.2) is 96.7 Å². The lowest BCUT2D eigenvalue weighted by molar-refractivity contribution is -0.161. The van der Waals surface area contributed by atoms with Gasteiger partial charge >= 0.3 is 39.5 Å². The van der Waals surface area contributed by atoms with E-state index in [1.165, 1.54) is 64.2 Å². The predicted molar refractivity (Wildman–Crippen MR) is 285 cm³/mol. The number of esters is 4. The number of hydrogen-bond acceptors (Lipinski definition) is 15. The van der Waals surface area contributed by atoms with E-state index >= 15 is 0 Å². The fraction of sp³-hybridized carbons (Fsp3) is 0.926. The molecule has 73 heavy (non-hydrogen) atoms. The van der Waals surface area contributed by atoms with Gasteiger partial charge in [-0.1, -0.05) is 214 Å². The predicted octanol–water partition coefficient (Wildman–Crippen LogP) is 14.0. The Kier molecular flexibility index (Phi) is 48.3. The highest BCUT2D eigenvalue weighted by atomic mass is 31.2. The summed E-state index contributed by atoms with van der Waals surface area (Å²) >= 11 is 0. The topological polar surface area (TPSA) is 237 Å². The number of rotatable bonds is 55. The van der Waals surface area contributed by atoms with E-state index < -0.39 is 97.5 Å². The Morgan fingerprint density at radius 3 is 0.808 bits per heavy atom. The van der Waals surface area contributed by atoms with E-state index in [-0.39, 0.29) is 25.7 Å². The van der Waals surface area contributed by atoms with Gasteiger partial charge in [-0.15, -0.1) is 0 Å². The molecular weight excluding hydrogens is 983 g/mol. The molecule has 0 rings (SSSR count). The Hall–Kier alpha value is -1.94. The normalized spacial score (nSPS) is 14.5. The number of ether oxygens (including phenoxy) is 4. The third-order valence-corrected chi connectivity index (χ3v) is 14.3. The zero-order chi connectivity index (χ0) is 54.1. The number of phosphoric ester groups is 2. The molecular formula is C54H104O17P2. The van der Waals surface area contributed by atoms with Crippen LogP contribution in [0.15, 0.2) is 0 Å². The van der Waals surface area contributed by atoms with Crippen molar-refractivity contribution < 1.29 is 80.2 Å². The highest BCUT2D eigenvalue weighted by molar-refractivity contribution is 7.47. The quantitative estimate of drug-likeness (QED) is 0.0222. The minimum Gasteiger partial charge on any atom is -0.462 e. The van der Waals surface area contributed by atoms with Crippen LogP contribution in [0.5, 0.6) is 0 Å². The average molecular weight is 1090 g/mol. The van der Waals surface area contributed by atoms with Gasteiger partial charge in [0.15, 0.2) is 12.2 Å². The first-order valence-corrected chi connectivity index (χ1v) is 31.8. The van der Waals surface area contributed by atoms with Crippen molar-refractivity contribution in [1.82, 2.24) is 0 Å². The second-order valence-corrected chi connectivity index (χ2v) is 22.5. The van der Waals surface area contributed by atoms with E-state index in [0.29, 0.717) is 25.7 Å². The van der Waals surface area contributed by atoms with Crippen molar-refractivity contribution in [1.29, 1.82) is 0 Å². The van der Waals surface area contributed by atoms with Crippen molar-refractivity contribution in [2.45, 2.75) is 284 Å². The summed E-state index contributed by atoms with van der Waals surface area (Å²) in [4.78, 5) is 71.2.